The van der Waals surface area contributed by atoms with E-state index in [4.69, 9.17) is 21.1 Å². The van der Waals surface area contributed by atoms with Gasteiger partial charge < -0.3 is 14.0 Å². The molecule has 0 radical (unpaired) electrons. The quantitative estimate of drug-likeness (QED) is 0.423. The van der Waals surface area contributed by atoms with Crippen molar-refractivity contribution in [3.63, 3.8) is 0 Å². The van der Waals surface area contributed by atoms with Crippen LogP contribution in [0.15, 0.2) is 29.2 Å². The van der Waals surface area contributed by atoms with Crippen molar-refractivity contribution in [3.05, 3.63) is 51.8 Å². The maximum absolute atomic E-state index is 12.9. The van der Waals surface area contributed by atoms with Crippen LogP contribution in [0.1, 0.15) is 45.4 Å². The minimum Gasteiger partial charge on any atom is -0.454 e. The van der Waals surface area contributed by atoms with Crippen LogP contribution in [0.4, 0.5) is 0 Å². The molecule has 1 aromatic carbocycles. The Morgan fingerprint density at radius 2 is 1.84 bits per heavy atom. The molecule has 2 aromatic rings. The van der Waals surface area contributed by atoms with E-state index >= 15 is 0 Å². The first kappa shape index (κ1) is 24.4. The van der Waals surface area contributed by atoms with Gasteiger partial charge >= 0.3 is 5.97 Å². The molecule has 1 aliphatic rings. The van der Waals surface area contributed by atoms with E-state index < -0.39 is 22.6 Å². The molecule has 0 spiro atoms. The zero-order valence-corrected chi connectivity index (χ0v) is 20.0. The van der Waals surface area contributed by atoms with Crippen LogP contribution in [0.5, 0.6) is 0 Å². The van der Waals surface area contributed by atoms with Crippen LogP contribution in [-0.2, 0) is 26.0 Å². The van der Waals surface area contributed by atoms with Gasteiger partial charge in [0.15, 0.2) is 6.61 Å². The summed E-state index contributed by atoms with van der Waals surface area (Å²) < 4.78 is 39.6. The van der Waals surface area contributed by atoms with Gasteiger partial charge in [0.2, 0.25) is 15.8 Å². The smallest absolute Gasteiger partial charge is 0.338 e. The number of benzene rings is 1. The number of carbonyl (C=O) groups excluding carboxylic acids is 2. The number of aryl methyl sites for hydroxylation is 1. The summed E-state index contributed by atoms with van der Waals surface area (Å²) in [5.74, 6) is -1.11. The molecule has 174 valence electrons. The Bertz CT molecular complexity index is 1120. The summed E-state index contributed by atoms with van der Waals surface area (Å²) in [5, 5.41) is 0.00693. The number of halogens is 1. The molecule has 1 aromatic heterocycles. The van der Waals surface area contributed by atoms with Crippen molar-refractivity contribution in [1.29, 1.82) is 0 Å². The number of hydrogen-bond acceptors (Lipinski definition) is 6. The molecular formula is C22H27ClN2O6S. The summed E-state index contributed by atoms with van der Waals surface area (Å²) in [4.78, 5) is 25.0. The number of rotatable bonds is 8. The fourth-order valence-corrected chi connectivity index (χ4v) is 5.61. The summed E-state index contributed by atoms with van der Waals surface area (Å²) in [6.45, 7) is 7.20. The van der Waals surface area contributed by atoms with Gasteiger partial charge in [0.25, 0.3) is 0 Å². The van der Waals surface area contributed by atoms with Gasteiger partial charge in [-0.05, 0) is 44.5 Å². The third-order valence-corrected chi connectivity index (χ3v) is 7.79. The van der Waals surface area contributed by atoms with Gasteiger partial charge in [-0.25, -0.2) is 13.2 Å². The first-order valence-electron chi connectivity index (χ1n) is 10.4. The predicted octanol–water partition coefficient (Wildman–Crippen LogP) is 3.23. The molecule has 0 atom stereocenters. The SMILES string of the molecule is CCCn1c(C)cc(C(=O)COC(=O)c2ccc(Cl)c(S(=O)(=O)N3CCOCC3)c2)c1C. The maximum Gasteiger partial charge on any atom is 0.338 e. The van der Waals surface area contributed by atoms with Gasteiger partial charge in [-0.15, -0.1) is 0 Å². The number of morpholine rings is 1. The highest BCUT2D eigenvalue weighted by Crippen LogP contribution is 2.27. The van der Waals surface area contributed by atoms with Gasteiger partial charge in [-0.2, -0.15) is 4.31 Å². The fraction of sp³-hybridized carbons (Fsp3) is 0.455. The van der Waals surface area contributed by atoms with Crippen molar-refractivity contribution in [2.24, 2.45) is 0 Å². The van der Waals surface area contributed by atoms with Crippen molar-refractivity contribution in [3.8, 4) is 0 Å². The molecule has 32 heavy (non-hydrogen) atoms. The van der Waals surface area contributed by atoms with Crippen LogP contribution in [0.25, 0.3) is 0 Å². The normalized spacial score (nSPS) is 15.0. The molecule has 0 unspecified atom stereocenters. The Kier molecular flexibility index (Phi) is 7.76. The van der Waals surface area contributed by atoms with Gasteiger partial charge in [-0.1, -0.05) is 18.5 Å². The van der Waals surface area contributed by atoms with Gasteiger partial charge in [-0.3, -0.25) is 4.79 Å². The largest absolute Gasteiger partial charge is 0.454 e. The van der Waals surface area contributed by atoms with E-state index in [1.165, 1.54) is 22.5 Å². The molecule has 0 saturated carbocycles. The molecule has 0 aliphatic carbocycles. The zero-order valence-electron chi connectivity index (χ0n) is 18.4. The van der Waals surface area contributed by atoms with Crippen molar-refractivity contribution in [2.75, 3.05) is 32.9 Å². The topological polar surface area (TPSA) is 94.9 Å². The Morgan fingerprint density at radius 1 is 1.16 bits per heavy atom. The predicted molar refractivity (Wildman–Crippen MR) is 120 cm³/mol. The van der Waals surface area contributed by atoms with E-state index in [9.17, 15) is 18.0 Å². The summed E-state index contributed by atoms with van der Waals surface area (Å²) in [5.41, 5.74) is 2.31. The second kappa shape index (κ2) is 10.2. The van der Waals surface area contributed by atoms with Crippen LogP contribution >= 0.6 is 11.6 Å². The Hall–Kier alpha value is -2.20. The first-order valence-corrected chi connectivity index (χ1v) is 12.2. The second-order valence-electron chi connectivity index (χ2n) is 7.60. The van der Waals surface area contributed by atoms with E-state index in [1.807, 2.05) is 13.8 Å². The number of carbonyl (C=O) groups is 2. The lowest BCUT2D eigenvalue weighted by Gasteiger charge is -2.26. The Balaban J connectivity index is 1.74. The van der Waals surface area contributed by atoms with E-state index in [0.717, 1.165) is 24.4 Å². The summed E-state index contributed by atoms with van der Waals surface area (Å²) in [7, 11) is -3.89. The zero-order chi connectivity index (χ0) is 23.5. The first-order chi connectivity index (χ1) is 15.2. The molecule has 0 N–H and O–H groups in total. The standard InChI is InChI=1S/C22H27ClN2O6S/c1-4-7-25-15(2)12-18(16(25)3)20(26)14-31-22(27)17-5-6-19(23)21(13-17)32(28,29)24-8-10-30-11-9-24/h5-6,12-13H,4,7-11,14H2,1-3H3. The van der Waals surface area contributed by atoms with E-state index in [1.54, 1.807) is 6.07 Å². The molecule has 2 heterocycles. The number of esters is 1. The van der Waals surface area contributed by atoms with Crippen LogP contribution < -0.4 is 0 Å². The monoisotopic (exact) mass is 482 g/mol. The Labute approximate surface area is 193 Å². The molecule has 3 rings (SSSR count). The lowest BCUT2D eigenvalue weighted by atomic mass is 10.1. The van der Waals surface area contributed by atoms with Gasteiger partial charge in [0.1, 0.15) is 4.90 Å². The maximum atomic E-state index is 12.9. The van der Waals surface area contributed by atoms with Crippen molar-refractivity contribution in [1.82, 2.24) is 8.87 Å². The number of Topliss-reactive ketones (excluding diaryl/α,β-unsaturated/α-hetero) is 1. The van der Waals surface area contributed by atoms with Crippen molar-refractivity contribution in [2.45, 2.75) is 38.6 Å². The number of hydrogen-bond donors (Lipinski definition) is 0. The molecule has 1 fully saturated rings. The van der Waals surface area contributed by atoms with E-state index in [-0.39, 0.29) is 34.4 Å². The molecule has 8 nitrogen and oxygen atoms in total. The molecular weight excluding hydrogens is 456 g/mol. The van der Waals surface area contributed by atoms with E-state index in [2.05, 4.69) is 11.5 Å². The summed E-state index contributed by atoms with van der Waals surface area (Å²) >= 11 is 6.13. The number of ketones is 1. The minimum atomic E-state index is -3.89. The van der Waals surface area contributed by atoms with E-state index in [0.29, 0.717) is 18.8 Å². The highest BCUT2D eigenvalue weighted by atomic mass is 35.5. The lowest BCUT2D eigenvalue weighted by molar-refractivity contribution is 0.0474. The number of aromatic nitrogens is 1. The second-order valence-corrected chi connectivity index (χ2v) is 9.91. The average Bonchev–Trinajstić information content (AvgIpc) is 3.06. The van der Waals surface area contributed by atoms with Gasteiger partial charge in [0, 0.05) is 36.6 Å². The van der Waals surface area contributed by atoms with Crippen molar-refractivity contribution >= 4 is 33.4 Å². The molecule has 0 bridgehead atoms. The van der Waals surface area contributed by atoms with Crippen molar-refractivity contribution < 1.29 is 27.5 Å². The fourth-order valence-electron chi connectivity index (χ4n) is 3.70. The van der Waals surface area contributed by atoms with Crippen LogP contribution in [0.3, 0.4) is 0 Å². The Morgan fingerprint density at radius 3 is 2.50 bits per heavy atom. The van der Waals surface area contributed by atoms with Gasteiger partial charge in [0.05, 0.1) is 23.8 Å². The average molecular weight is 483 g/mol. The third kappa shape index (κ3) is 5.06. The summed E-state index contributed by atoms with van der Waals surface area (Å²) in [6, 6.07) is 5.69. The number of sulfonamides is 1. The number of ether oxygens (including phenoxy) is 2. The van der Waals surface area contributed by atoms with Crippen LogP contribution in [-0.4, -0.2) is 62.0 Å². The molecule has 0 amide bonds. The van der Waals surface area contributed by atoms with Crippen LogP contribution in [0, 0.1) is 13.8 Å². The highest BCUT2D eigenvalue weighted by molar-refractivity contribution is 7.89. The lowest BCUT2D eigenvalue weighted by Crippen LogP contribution is -2.40. The highest BCUT2D eigenvalue weighted by Gasteiger charge is 2.29. The van der Waals surface area contributed by atoms with Crippen LogP contribution in [0.2, 0.25) is 5.02 Å². The summed E-state index contributed by atoms with van der Waals surface area (Å²) in [6.07, 6.45) is 0.936. The molecule has 10 heteroatoms. The minimum absolute atomic E-state index is 0.00508. The number of nitrogens with zero attached hydrogens (tertiary/aromatic N) is 2. The molecule has 1 aliphatic heterocycles. The molecule has 1 saturated heterocycles. The third-order valence-electron chi connectivity index (χ3n) is 5.41.